The second kappa shape index (κ2) is 7.34. The number of nitriles is 1. The summed E-state index contributed by atoms with van der Waals surface area (Å²) in [5, 5.41) is 8.54. The summed E-state index contributed by atoms with van der Waals surface area (Å²) < 4.78 is 0. The minimum absolute atomic E-state index is 0.0728. The van der Waals surface area contributed by atoms with Crippen LogP contribution in [0.4, 0.5) is 0 Å². The summed E-state index contributed by atoms with van der Waals surface area (Å²) >= 11 is 0. The molecule has 0 aliphatic carbocycles. The molecule has 18 heavy (non-hydrogen) atoms. The average molecular weight is 252 g/mol. The summed E-state index contributed by atoms with van der Waals surface area (Å²) in [6.07, 6.45) is 1.30. The second-order valence-electron chi connectivity index (χ2n) is 5.31. The van der Waals surface area contributed by atoms with E-state index in [1.54, 1.807) is 0 Å². The van der Waals surface area contributed by atoms with E-state index in [0.29, 0.717) is 12.3 Å². The van der Waals surface area contributed by atoms with E-state index in [-0.39, 0.29) is 11.9 Å². The number of carbonyl (C=O) groups is 1. The Morgan fingerprint density at radius 2 is 1.94 bits per heavy atom. The largest absolute Gasteiger partial charge is 0.339 e. The Kier molecular flexibility index (Phi) is 6.10. The van der Waals surface area contributed by atoms with E-state index in [0.717, 1.165) is 39.1 Å². The smallest absolute Gasteiger partial charge is 0.239 e. The SMILES string of the molecule is CC(C)C[C@@H](N)C(=O)N1CCN(CCC#N)CC1. The summed E-state index contributed by atoms with van der Waals surface area (Å²) in [5.74, 6) is 0.518. The van der Waals surface area contributed by atoms with Gasteiger partial charge in [-0.3, -0.25) is 9.69 Å². The molecule has 1 saturated heterocycles. The van der Waals surface area contributed by atoms with Crippen LogP contribution in [0.2, 0.25) is 0 Å². The Labute approximate surface area is 110 Å². The maximum absolute atomic E-state index is 12.1. The first-order chi connectivity index (χ1) is 8.54. The highest BCUT2D eigenvalue weighted by Gasteiger charge is 2.25. The lowest BCUT2D eigenvalue weighted by Gasteiger charge is -2.35. The molecule has 1 aliphatic rings. The van der Waals surface area contributed by atoms with Gasteiger partial charge >= 0.3 is 0 Å². The Morgan fingerprint density at radius 3 is 2.44 bits per heavy atom. The van der Waals surface area contributed by atoms with Crippen LogP contribution in [0.5, 0.6) is 0 Å². The van der Waals surface area contributed by atoms with Gasteiger partial charge in [-0.1, -0.05) is 13.8 Å². The van der Waals surface area contributed by atoms with Crippen molar-refractivity contribution in [3.63, 3.8) is 0 Å². The molecule has 1 fully saturated rings. The summed E-state index contributed by atoms with van der Waals surface area (Å²) in [6, 6.07) is 1.78. The molecule has 1 aliphatic heterocycles. The lowest BCUT2D eigenvalue weighted by atomic mass is 10.0. The normalized spacial score (nSPS) is 18.7. The molecule has 0 aromatic rings. The van der Waals surface area contributed by atoms with E-state index in [1.807, 2.05) is 4.90 Å². The zero-order chi connectivity index (χ0) is 13.5. The number of nitrogens with two attached hydrogens (primary N) is 1. The molecule has 0 spiro atoms. The number of amides is 1. The molecule has 5 heteroatoms. The second-order valence-corrected chi connectivity index (χ2v) is 5.31. The van der Waals surface area contributed by atoms with Gasteiger partial charge in [0, 0.05) is 39.1 Å². The quantitative estimate of drug-likeness (QED) is 0.769. The first-order valence-corrected chi connectivity index (χ1v) is 6.68. The molecule has 0 unspecified atom stereocenters. The maximum Gasteiger partial charge on any atom is 0.239 e. The number of carbonyl (C=O) groups excluding carboxylic acids is 1. The molecule has 102 valence electrons. The molecule has 0 bridgehead atoms. The average Bonchev–Trinajstić information content (AvgIpc) is 2.35. The van der Waals surface area contributed by atoms with E-state index in [1.165, 1.54) is 0 Å². The Balaban J connectivity index is 2.33. The van der Waals surface area contributed by atoms with Gasteiger partial charge in [0.25, 0.3) is 0 Å². The van der Waals surface area contributed by atoms with Crippen LogP contribution in [-0.4, -0.2) is 54.5 Å². The number of piperazine rings is 1. The third-order valence-electron chi connectivity index (χ3n) is 3.27. The van der Waals surface area contributed by atoms with Crippen molar-refractivity contribution in [1.29, 1.82) is 5.26 Å². The number of hydrogen-bond donors (Lipinski definition) is 1. The molecule has 0 aromatic carbocycles. The van der Waals surface area contributed by atoms with E-state index in [9.17, 15) is 4.79 Å². The monoisotopic (exact) mass is 252 g/mol. The van der Waals surface area contributed by atoms with Crippen LogP contribution >= 0.6 is 0 Å². The molecule has 0 radical (unpaired) electrons. The highest BCUT2D eigenvalue weighted by molar-refractivity contribution is 5.81. The van der Waals surface area contributed by atoms with Crippen LogP contribution in [0.1, 0.15) is 26.7 Å². The fourth-order valence-electron chi connectivity index (χ4n) is 2.24. The van der Waals surface area contributed by atoms with Crippen molar-refractivity contribution in [2.45, 2.75) is 32.7 Å². The molecular weight excluding hydrogens is 228 g/mol. The molecule has 0 saturated carbocycles. The van der Waals surface area contributed by atoms with Crippen LogP contribution in [0.3, 0.4) is 0 Å². The van der Waals surface area contributed by atoms with Crippen molar-refractivity contribution in [2.75, 3.05) is 32.7 Å². The predicted octanol–water partition coefficient (Wildman–Crippen LogP) is 0.418. The fourth-order valence-corrected chi connectivity index (χ4v) is 2.24. The highest BCUT2D eigenvalue weighted by atomic mass is 16.2. The third kappa shape index (κ3) is 4.63. The maximum atomic E-state index is 12.1. The first kappa shape index (κ1) is 14.9. The topological polar surface area (TPSA) is 73.4 Å². The van der Waals surface area contributed by atoms with E-state index in [4.69, 9.17) is 11.0 Å². The lowest BCUT2D eigenvalue weighted by molar-refractivity contribution is -0.134. The molecule has 2 N–H and O–H groups in total. The zero-order valence-electron chi connectivity index (χ0n) is 11.4. The number of nitrogens with zero attached hydrogens (tertiary/aromatic N) is 3. The predicted molar refractivity (Wildman–Crippen MR) is 70.7 cm³/mol. The van der Waals surface area contributed by atoms with Gasteiger partial charge in [0.05, 0.1) is 12.1 Å². The molecule has 1 rings (SSSR count). The molecule has 1 heterocycles. The summed E-state index contributed by atoms with van der Waals surface area (Å²) in [5.41, 5.74) is 5.92. The molecule has 1 amide bonds. The minimum Gasteiger partial charge on any atom is -0.339 e. The Hall–Kier alpha value is -1.12. The van der Waals surface area contributed by atoms with Gasteiger partial charge in [-0.25, -0.2) is 0 Å². The van der Waals surface area contributed by atoms with Crippen molar-refractivity contribution in [1.82, 2.24) is 9.80 Å². The van der Waals surface area contributed by atoms with Gasteiger partial charge < -0.3 is 10.6 Å². The van der Waals surface area contributed by atoms with Gasteiger partial charge in [0.1, 0.15) is 0 Å². The van der Waals surface area contributed by atoms with Crippen LogP contribution < -0.4 is 5.73 Å². The van der Waals surface area contributed by atoms with Gasteiger partial charge in [0.2, 0.25) is 5.91 Å². The molecule has 1 atom stereocenters. The van der Waals surface area contributed by atoms with Gasteiger partial charge in [0.15, 0.2) is 0 Å². The van der Waals surface area contributed by atoms with Gasteiger partial charge in [-0.05, 0) is 12.3 Å². The van der Waals surface area contributed by atoms with Crippen molar-refractivity contribution < 1.29 is 4.79 Å². The summed E-state index contributed by atoms with van der Waals surface area (Å²) in [4.78, 5) is 16.2. The van der Waals surface area contributed by atoms with E-state index >= 15 is 0 Å². The molecule has 5 nitrogen and oxygen atoms in total. The van der Waals surface area contributed by atoms with E-state index < -0.39 is 0 Å². The lowest BCUT2D eigenvalue weighted by Crippen LogP contribution is -2.53. The molecule has 0 aromatic heterocycles. The third-order valence-corrected chi connectivity index (χ3v) is 3.27. The van der Waals surface area contributed by atoms with Crippen LogP contribution in [0.15, 0.2) is 0 Å². The van der Waals surface area contributed by atoms with Crippen molar-refractivity contribution in [3.8, 4) is 6.07 Å². The van der Waals surface area contributed by atoms with Crippen LogP contribution in [0.25, 0.3) is 0 Å². The van der Waals surface area contributed by atoms with Crippen LogP contribution in [-0.2, 0) is 4.79 Å². The Morgan fingerprint density at radius 1 is 1.33 bits per heavy atom. The van der Waals surface area contributed by atoms with Crippen LogP contribution in [0, 0.1) is 17.2 Å². The first-order valence-electron chi connectivity index (χ1n) is 6.68. The fraction of sp³-hybridized carbons (Fsp3) is 0.846. The summed E-state index contributed by atoms with van der Waals surface area (Å²) in [7, 11) is 0. The van der Waals surface area contributed by atoms with Crippen molar-refractivity contribution in [3.05, 3.63) is 0 Å². The minimum atomic E-state index is -0.365. The number of rotatable bonds is 5. The van der Waals surface area contributed by atoms with Crippen molar-refractivity contribution >= 4 is 5.91 Å². The van der Waals surface area contributed by atoms with E-state index in [2.05, 4.69) is 24.8 Å². The number of hydrogen-bond acceptors (Lipinski definition) is 4. The summed E-state index contributed by atoms with van der Waals surface area (Å²) in [6.45, 7) is 8.12. The zero-order valence-corrected chi connectivity index (χ0v) is 11.4. The van der Waals surface area contributed by atoms with Crippen molar-refractivity contribution in [2.24, 2.45) is 11.7 Å². The Bertz CT molecular complexity index is 303. The highest BCUT2D eigenvalue weighted by Crippen LogP contribution is 2.09. The van der Waals surface area contributed by atoms with Gasteiger partial charge in [-0.2, -0.15) is 5.26 Å². The molecular formula is C13H24N4O. The standard InChI is InChI=1S/C13H24N4O/c1-11(2)10-12(15)13(18)17-8-6-16(7-9-17)5-3-4-14/h11-12H,3,5-10,15H2,1-2H3/t12-/m1/s1. The van der Waals surface area contributed by atoms with Gasteiger partial charge in [-0.15, -0.1) is 0 Å².